The van der Waals surface area contributed by atoms with E-state index in [1.807, 2.05) is 13.8 Å². The summed E-state index contributed by atoms with van der Waals surface area (Å²) in [7, 11) is 0. The lowest BCUT2D eigenvalue weighted by atomic mass is 9.90. The monoisotopic (exact) mass is 284 g/mol. The highest BCUT2D eigenvalue weighted by molar-refractivity contribution is 5.75. The summed E-state index contributed by atoms with van der Waals surface area (Å²) in [5, 5.41) is 0. The average Bonchev–Trinajstić information content (AvgIpc) is 2.43. The van der Waals surface area contributed by atoms with E-state index >= 15 is 0 Å². The van der Waals surface area contributed by atoms with Crippen molar-refractivity contribution >= 4 is 5.97 Å². The number of ether oxygens (including phenoxy) is 1. The van der Waals surface area contributed by atoms with Crippen molar-refractivity contribution in [1.82, 2.24) is 0 Å². The Hall–Kier alpha value is -0.530. The molecule has 0 amide bonds. The van der Waals surface area contributed by atoms with Gasteiger partial charge in [-0.3, -0.25) is 4.79 Å². The number of esters is 1. The van der Waals surface area contributed by atoms with Crippen molar-refractivity contribution < 1.29 is 9.53 Å². The molecule has 2 nitrogen and oxygen atoms in total. The minimum atomic E-state index is -0.341. The molecular formula is C18H36O2. The molecular weight excluding hydrogens is 248 g/mol. The molecule has 0 bridgehead atoms. The van der Waals surface area contributed by atoms with Crippen molar-refractivity contribution in [2.75, 3.05) is 0 Å². The van der Waals surface area contributed by atoms with E-state index in [1.54, 1.807) is 0 Å². The first-order valence-corrected chi connectivity index (χ1v) is 8.69. The van der Waals surface area contributed by atoms with Gasteiger partial charge in [-0.05, 0) is 46.0 Å². The Kier molecular flexibility index (Phi) is 10.9. The SMILES string of the molecule is CCCCCCC(CCCCC)OC(=O)C(C)(C)CC. The minimum Gasteiger partial charge on any atom is -0.462 e. The fourth-order valence-corrected chi connectivity index (χ4v) is 2.14. The van der Waals surface area contributed by atoms with E-state index in [9.17, 15) is 4.79 Å². The molecule has 0 saturated heterocycles. The number of carbonyl (C=O) groups excluding carboxylic acids is 1. The second kappa shape index (κ2) is 11.2. The molecule has 0 fully saturated rings. The molecule has 0 N–H and O–H groups in total. The number of rotatable bonds is 12. The summed E-state index contributed by atoms with van der Waals surface area (Å²) in [6.07, 6.45) is 11.7. The average molecular weight is 284 g/mol. The number of unbranched alkanes of at least 4 members (excludes halogenated alkanes) is 5. The molecule has 0 aromatic rings. The van der Waals surface area contributed by atoms with E-state index < -0.39 is 0 Å². The van der Waals surface area contributed by atoms with Crippen molar-refractivity contribution in [1.29, 1.82) is 0 Å². The molecule has 0 radical (unpaired) electrons. The molecule has 1 atom stereocenters. The molecule has 0 aliphatic heterocycles. The number of hydrogen-bond acceptors (Lipinski definition) is 2. The van der Waals surface area contributed by atoms with Gasteiger partial charge in [0.05, 0.1) is 5.41 Å². The van der Waals surface area contributed by atoms with Crippen LogP contribution in [0.2, 0.25) is 0 Å². The van der Waals surface area contributed by atoms with Gasteiger partial charge in [-0.15, -0.1) is 0 Å². The van der Waals surface area contributed by atoms with E-state index in [0.717, 1.165) is 19.3 Å². The summed E-state index contributed by atoms with van der Waals surface area (Å²) in [5.74, 6) is -0.0167. The molecule has 0 heterocycles. The van der Waals surface area contributed by atoms with Crippen molar-refractivity contribution in [3.63, 3.8) is 0 Å². The molecule has 0 aliphatic rings. The third kappa shape index (κ3) is 8.60. The Morgan fingerprint density at radius 1 is 0.900 bits per heavy atom. The minimum absolute atomic E-state index is 0.0167. The maximum Gasteiger partial charge on any atom is 0.311 e. The summed E-state index contributed by atoms with van der Waals surface area (Å²) >= 11 is 0. The first kappa shape index (κ1) is 19.5. The van der Waals surface area contributed by atoms with Crippen LogP contribution in [-0.2, 0) is 9.53 Å². The standard InChI is InChI=1S/C18H36O2/c1-6-9-11-13-15-16(14-12-10-7-2)20-17(19)18(4,5)8-3/h16H,6-15H2,1-5H3. The van der Waals surface area contributed by atoms with Crippen LogP contribution in [0.5, 0.6) is 0 Å². The Balaban J connectivity index is 4.25. The van der Waals surface area contributed by atoms with Crippen molar-refractivity contribution in [2.45, 2.75) is 105 Å². The summed E-state index contributed by atoms with van der Waals surface area (Å²) < 4.78 is 5.79. The lowest BCUT2D eigenvalue weighted by Gasteiger charge is -2.25. The summed E-state index contributed by atoms with van der Waals surface area (Å²) in [5.41, 5.74) is -0.341. The highest BCUT2D eigenvalue weighted by atomic mass is 16.5. The Labute approximate surface area is 126 Å². The van der Waals surface area contributed by atoms with Gasteiger partial charge in [0, 0.05) is 0 Å². The Morgan fingerprint density at radius 2 is 1.40 bits per heavy atom. The Bertz CT molecular complexity index is 246. The fourth-order valence-electron chi connectivity index (χ4n) is 2.14. The van der Waals surface area contributed by atoms with Gasteiger partial charge >= 0.3 is 5.97 Å². The van der Waals surface area contributed by atoms with E-state index in [2.05, 4.69) is 20.8 Å². The topological polar surface area (TPSA) is 26.3 Å². The highest BCUT2D eigenvalue weighted by Crippen LogP contribution is 2.24. The van der Waals surface area contributed by atoms with Crippen LogP contribution in [0.1, 0.15) is 98.8 Å². The zero-order valence-corrected chi connectivity index (χ0v) is 14.5. The smallest absolute Gasteiger partial charge is 0.311 e. The molecule has 120 valence electrons. The number of carbonyl (C=O) groups is 1. The molecule has 1 unspecified atom stereocenters. The van der Waals surface area contributed by atoms with E-state index in [4.69, 9.17) is 4.74 Å². The fraction of sp³-hybridized carbons (Fsp3) is 0.944. The summed E-state index contributed by atoms with van der Waals surface area (Å²) in [4.78, 5) is 12.2. The van der Waals surface area contributed by atoms with Crippen molar-refractivity contribution in [2.24, 2.45) is 5.41 Å². The van der Waals surface area contributed by atoms with Crippen LogP contribution in [0.3, 0.4) is 0 Å². The Morgan fingerprint density at radius 3 is 1.90 bits per heavy atom. The molecule has 0 saturated carbocycles. The third-order valence-corrected chi connectivity index (χ3v) is 4.22. The second-order valence-corrected chi connectivity index (χ2v) is 6.61. The normalized spacial score (nSPS) is 13.2. The molecule has 0 aliphatic carbocycles. The van der Waals surface area contributed by atoms with Crippen LogP contribution in [0, 0.1) is 5.41 Å². The van der Waals surface area contributed by atoms with E-state index in [1.165, 1.54) is 44.9 Å². The largest absolute Gasteiger partial charge is 0.462 e. The highest BCUT2D eigenvalue weighted by Gasteiger charge is 2.29. The van der Waals surface area contributed by atoms with Gasteiger partial charge in [0.25, 0.3) is 0 Å². The van der Waals surface area contributed by atoms with Crippen molar-refractivity contribution in [3.05, 3.63) is 0 Å². The lowest BCUT2D eigenvalue weighted by molar-refractivity contribution is -0.160. The molecule has 0 rings (SSSR count). The zero-order valence-electron chi connectivity index (χ0n) is 14.5. The molecule has 0 spiro atoms. The summed E-state index contributed by atoms with van der Waals surface area (Å²) in [6.45, 7) is 10.4. The second-order valence-electron chi connectivity index (χ2n) is 6.61. The van der Waals surface area contributed by atoms with E-state index in [-0.39, 0.29) is 17.5 Å². The molecule has 0 aromatic heterocycles. The van der Waals surface area contributed by atoms with Gasteiger partial charge in [0.2, 0.25) is 0 Å². The maximum atomic E-state index is 12.2. The molecule has 0 aromatic carbocycles. The van der Waals surface area contributed by atoms with E-state index in [0.29, 0.717) is 0 Å². The van der Waals surface area contributed by atoms with Gasteiger partial charge < -0.3 is 4.74 Å². The van der Waals surface area contributed by atoms with Gasteiger partial charge in [0.1, 0.15) is 6.10 Å². The summed E-state index contributed by atoms with van der Waals surface area (Å²) in [6, 6.07) is 0. The first-order valence-electron chi connectivity index (χ1n) is 8.69. The van der Waals surface area contributed by atoms with Crippen molar-refractivity contribution in [3.8, 4) is 0 Å². The number of hydrogen-bond donors (Lipinski definition) is 0. The van der Waals surface area contributed by atoms with Gasteiger partial charge in [-0.1, -0.05) is 52.9 Å². The van der Waals surface area contributed by atoms with Gasteiger partial charge in [-0.25, -0.2) is 0 Å². The van der Waals surface area contributed by atoms with Crippen LogP contribution < -0.4 is 0 Å². The quantitative estimate of drug-likeness (QED) is 0.330. The molecule has 20 heavy (non-hydrogen) atoms. The third-order valence-electron chi connectivity index (χ3n) is 4.22. The zero-order chi connectivity index (χ0) is 15.4. The van der Waals surface area contributed by atoms with Crippen LogP contribution >= 0.6 is 0 Å². The lowest BCUT2D eigenvalue weighted by Crippen LogP contribution is -2.30. The molecule has 2 heteroatoms. The van der Waals surface area contributed by atoms with Crippen LogP contribution in [-0.4, -0.2) is 12.1 Å². The van der Waals surface area contributed by atoms with Crippen LogP contribution in [0.4, 0.5) is 0 Å². The van der Waals surface area contributed by atoms with Crippen LogP contribution in [0.15, 0.2) is 0 Å². The first-order chi connectivity index (χ1) is 9.47. The van der Waals surface area contributed by atoms with Gasteiger partial charge in [-0.2, -0.15) is 0 Å². The van der Waals surface area contributed by atoms with Gasteiger partial charge in [0.15, 0.2) is 0 Å². The maximum absolute atomic E-state index is 12.2. The predicted molar refractivity (Wildman–Crippen MR) is 86.9 cm³/mol. The van der Waals surface area contributed by atoms with Crippen LogP contribution in [0.25, 0.3) is 0 Å². The predicted octanol–water partition coefficient (Wildman–Crippen LogP) is 5.89.